The number of carbonyl (C=O) groups excluding carboxylic acids is 3. The Morgan fingerprint density at radius 2 is 1.83 bits per heavy atom. The van der Waals surface area contributed by atoms with E-state index in [0.717, 1.165) is 11.3 Å². The van der Waals surface area contributed by atoms with E-state index in [1.807, 2.05) is 6.07 Å². The SMILES string of the molecule is NC(=O)c1ccc(NC(=O)CCCC(=O)C2CCc3cc(Cl)cc(Cl)c3N2)c(Cl)c1. The summed E-state index contributed by atoms with van der Waals surface area (Å²) in [6.07, 6.45) is 2.19. The normalized spacial score (nSPS) is 15.1. The monoisotopic (exact) mass is 467 g/mol. The number of aryl methyl sites for hydroxylation is 1. The second kappa shape index (κ2) is 9.69. The molecule has 1 heterocycles. The Balaban J connectivity index is 1.49. The highest BCUT2D eigenvalue weighted by atomic mass is 35.5. The summed E-state index contributed by atoms with van der Waals surface area (Å²) in [6.45, 7) is 0. The van der Waals surface area contributed by atoms with Crippen molar-refractivity contribution in [3.63, 3.8) is 0 Å². The lowest BCUT2D eigenvalue weighted by atomic mass is 9.93. The highest BCUT2D eigenvalue weighted by Gasteiger charge is 2.25. The topological polar surface area (TPSA) is 101 Å². The van der Waals surface area contributed by atoms with Crippen LogP contribution in [0.25, 0.3) is 0 Å². The highest BCUT2D eigenvalue weighted by molar-refractivity contribution is 6.36. The molecule has 0 saturated heterocycles. The molecule has 1 aliphatic heterocycles. The second-order valence-corrected chi connectivity index (χ2v) is 8.34. The molecule has 1 aliphatic rings. The van der Waals surface area contributed by atoms with Gasteiger partial charge in [-0.1, -0.05) is 34.8 Å². The van der Waals surface area contributed by atoms with Crippen LogP contribution in [-0.2, 0) is 16.0 Å². The van der Waals surface area contributed by atoms with Crippen LogP contribution in [0.2, 0.25) is 15.1 Å². The number of halogens is 3. The van der Waals surface area contributed by atoms with Crippen LogP contribution in [0.4, 0.5) is 11.4 Å². The van der Waals surface area contributed by atoms with Crippen molar-refractivity contribution < 1.29 is 14.4 Å². The number of Topliss-reactive ketones (excluding diaryl/α,β-unsaturated/α-hetero) is 1. The van der Waals surface area contributed by atoms with E-state index in [1.165, 1.54) is 18.2 Å². The van der Waals surface area contributed by atoms with Crippen LogP contribution in [0, 0.1) is 0 Å². The van der Waals surface area contributed by atoms with Crippen LogP contribution in [0.5, 0.6) is 0 Å². The van der Waals surface area contributed by atoms with Gasteiger partial charge in [-0.3, -0.25) is 14.4 Å². The third kappa shape index (κ3) is 5.45. The van der Waals surface area contributed by atoms with Gasteiger partial charge in [-0.05, 0) is 55.2 Å². The van der Waals surface area contributed by atoms with E-state index in [2.05, 4.69) is 10.6 Å². The van der Waals surface area contributed by atoms with Crippen molar-refractivity contribution in [2.24, 2.45) is 5.73 Å². The largest absolute Gasteiger partial charge is 0.374 e. The lowest BCUT2D eigenvalue weighted by molar-refractivity contribution is -0.120. The number of rotatable bonds is 7. The van der Waals surface area contributed by atoms with E-state index in [9.17, 15) is 14.4 Å². The van der Waals surface area contributed by atoms with Gasteiger partial charge in [0.15, 0.2) is 5.78 Å². The number of primary amides is 1. The molecule has 4 N–H and O–H groups in total. The third-order valence-electron chi connectivity index (χ3n) is 4.90. The number of benzene rings is 2. The number of fused-ring (bicyclic) bond motifs is 1. The average molecular weight is 469 g/mol. The quantitative estimate of drug-likeness (QED) is 0.540. The van der Waals surface area contributed by atoms with Gasteiger partial charge in [0.2, 0.25) is 11.8 Å². The van der Waals surface area contributed by atoms with Gasteiger partial charge in [0.05, 0.1) is 27.5 Å². The Labute approximate surface area is 189 Å². The standard InChI is InChI=1S/C21H20Cl3N3O3/c22-13-8-11-4-7-17(27-20(11)15(24)10-13)18(28)2-1-3-19(29)26-16-6-5-12(21(25)30)9-14(16)23/h5-6,8-10,17,27H,1-4,7H2,(H2,25,30)(H,26,29). The molecular weight excluding hydrogens is 449 g/mol. The molecule has 2 aromatic carbocycles. The summed E-state index contributed by atoms with van der Waals surface area (Å²) in [5.74, 6) is -0.837. The van der Waals surface area contributed by atoms with Crippen LogP contribution in [0.1, 0.15) is 41.6 Å². The minimum atomic E-state index is -0.600. The molecule has 0 fully saturated rings. The molecule has 0 spiro atoms. The van der Waals surface area contributed by atoms with Crippen molar-refractivity contribution >= 4 is 63.8 Å². The molecular formula is C21H20Cl3N3O3. The molecule has 2 aromatic rings. The second-order valence-electron chi connectivity index (χ2n) is 7.08. The van der Waals surface area contributed by atoms with Crippen molar-refractivity contribution in [3.8, 4) is 0 Å². The summed E-state index contributed by atoms with van der Waals surface area (Å²) in [5, 5.41) is 7.16. The molecule has 2 amide bonds. The van der Waals surface area contributed by atoms with Crippen molar-refractivity contribution in [1.82, 2.24) is 0 Å². The summed E-state index contributed by atoms with van der Waals surface area (Å²) in [5.41, 5.74) is 7.58. The zero-order valence-electron chi connectivity index (χ0n) is 15.9. The molecule has 0 aromatic heterocycles. The fourth-order valence-corrected chi connectivity index (χ4v) is 4.17. The fourth-order valence-electron chi connectivity index (χ4n) is 3.35. The van der Waals surface area contributed by atoms with E-state index in [1.54, 1.807) is 6.07 Å². The molecule has 0 radical (unpaired) electrons. The van der Waals surface area contributed by atoms with Crippen molar-refractivity contribution in [2.75, 3.05) is 10.6 Å². The average Bonchev–Trinajstić information content (AvgIpc) is 2.69. The van der Waals surface area contributed by atoms with Crippen LogP contribution < -0.4 is 16.4 Å². The van der Waals surface area contributed by atoms with Gasteiger partial charge in [-0.2, -0.15) is 0 Å². The number of nitrogens with two attached hydrogens (primary N) is 1. The first-order valence-corrected chi connectivity index (χ1v) is 10.5. The number of amides is 2. The summed E-state index contributed by atoms with van der Waals surface area (Å²) in [7, 11) is 0. The lowest BCUT2D eigenvalue weighted by Gasteiger charge is -2.27. The number of anilines is 2. The zero-order chi connectivity index (χ0) is 21.8. The molecule has 1 atom stereocenters. The van der Waals surface area contributed by atoms with Gasteiger partial charge in [0, 0.05) is 23.4 Å². The number of nitrogens with one attached hydrogen (secondary N) is 2. The fraction of sp³-hybridized carbons (Fsp3) is 0.286. The lowest BCUT2D eigenvalue weighted by Crippen LogP contribution is -2.33. The maximum atomic E-state index is 12.6. The number of hydrogen-bond donors (Lipinski definition) is 3. The third-order valence-corrected chi connectivity index (χ3v) is 5.73. The van der Waals surface area contributed by atoms with Crippen molar-refractivity contribution in [3.05, 3.63) is 56.5 Å². The van der Waals surface area contributed by atoms with Crippen LogP contribution in [0.15, 0.2) is 30.3 Å². The number of carbonyl (C=O) groups is 3. The van der Waals surface area contributed by atoms with E-state index >= 15 is 0 Å². The Morgan fingerprint density at radius 1 is 1.07 bits per heavy atom. The molecule has 6 nitrogen and oxygen atoms in total. The smallest absolute Gasteiger partial charge is 0.248 e. The molecule has 0 bridgehead atoms. The summed E-state index contributed by atoms with van der Waals surface area (Å²) < 4.78 is 0. The molecule has 30 heavy (non-hydrogen) atoms. The highest BCUT2D eigenvalue weighted by Crippen LogP contribution is 2.35. The Hall–Kier alpha value is -2.28. The minimum absolute atomic E-state index is 0.0308. The van der Waals surface area contributed by atoms with E-state index in [0.29, 0.717) is 35.0 Å². The summed E-state index contributed by atoms with van der Waals surface area (Å²) in [6, 6.07) is 7.56. The van der Waals surface area contributed by atoms with Gasteiger partial charge in [-0.15, -0.1) is 0 Å². The number of ketones is 1. The Kier molecular flexibility index (Phi) is 7.23. The van der Waals surface area contributed by atoms with Crippen molar-refractivity contribution in [1.29, 1.82) is 0 Å². The Morgan fingerprint density at radius 3 is 2.53 bits per heavy atom. The maximum Gasteiger partial charge on any atom is 0.248 e. The molecule has 0 aliphatic carbocycles. The molecule has 0 saturated carbocycles. The maximum absolute atomic E-state index is 12.6. The zero-order valence-corrected chi connectivity index (χ0v) is 18.2. The predicted octanol–water partition coefficient (Wildman–Crippen LogP) is 4.85. The first kappa shape index (κ1) is 22.4. The predicted molar refractivity (Wildman–Crippen MR) is 120 cm³/mol. The first-order chi connectivity index (χ1) is 14.2. The van der Waals surface area contributed by atoms with Gasteiger partial charge in [0.1, 0.15) is 0 Å². The molecule has 3 rings (SSSR count). The van der Waals surface area contributed by atoms with E-state index in [-0.39, 0.29) is 41.2 Å². The van der Waals surface area contributed by atoms with Gasteiger partial charge in [0.25, 0.3) is 0 Å². The molecule has 9 heteroatoms. The van der Waals surface area contributed by atoms with Gasteiger partial charge in [-0.25, -0.2) is 0 Å². The molecule has 158 valence electrons. The van der Waals surface area contributed by atoms with Gasteiger partial charge < -0.3 is 16.4 Å². The van der Waals surface area contributed by atoms with E-state index < -0.39 is 5.91 Å². The van der Waals surface area contributed by atoms with E-state index in [4.69, 9.17) is 40.5 Å². The Bertz CT molecular complexity index is 1010. The molecule has 1 unspecified atom stereocenters. The first-order valence-electron chi connectivity index (χ1n) is 9.41. The van der Waals surface area contributed by atoms with Crippen LogP contribution in [-0.4, -0.2) is 23.6 Å². The summed E-state index contributed by atoms with van der Waals surface area (Å²) >= 11 is 18.3. The van der Waals surface area contributed by atoms with Crippen LogP contribution >= 0.6 is 34.8 Å². The van der Waals surface area contributed by atoms with Crippen LogP contribution in [0.3, 0.4) is 0 Å². The minimum Gasteiger partial charge on any atom is -0.374 e. The van der Waals surface area contributed by atoms with Crippen molar-refractivity contribution in [2.45, 2.75) is 38.1 Å². The van der Waals surface area contributed by atoms with Gasteiger partial charge >= 0.3 is 0 Å². The number of hydrogen-bond acceptors (Lipinski definition) is 4. The summed E-state index contributed by atoms with van der Waals surface area (Å²) in [4.78, 5) is 35.9.